The first-order valence-electron chi connectivity index (χ1n) is 7.84. The zero-order valence-electron chi connectivity index (χ0n) is 13.4. The number of halogens is 1. The quantitative estimate of drug-likeness (QED) is 0.492. The Morgan fingerprint density at radius 1 is 1.20 bits per heavy atom. The first-order chi connectivity index (χ1) is 12.2. The van der Waals surface area contributed by atoms with Crippen LogP contribution in [0.25, 0.3) is 5.69 Å². The number of carbonyl (C=O) groups is 1. The van der Waals surface area contributed by atoms with E-state index in [0.29, 0.717) is 17.1 Å². The molecule has 25 heavy (non-hydrogen) atoms. The second-order valence-electron chi connectivity index (χ2n) is 5.31. The van der Waals surface area contributed by atoms with Gasteiger partial charge < -0.3 is 5.32 Å². The van der Waals surface area contributed by atoms with Crippen LogP contribution >= 0.6 is 23.4 Å². The van der Waals surface area contributed by atoms with Crippen LogP contribution in [0.5, 0.6) is 0 Å². The molecule has 1 N–H and O–H groups in total. The summed E-state index contributed by atoms with van der Waals surface area (Å²) in [7, 11) is 0. The summed E-state index contributed by atoms with van der Waals surface area (Å²) in [6, 6.07) is 15.4. The normalized spacial score (nSPS) is 10.6. The van der Waals surface area contributed by atoms with Crippen molar-refractivity contribution in [3.8, 4) is 5.69 Å². The minimum atomic E-state index is -0.0442. The topological polar surface area (TPSA) is 59.8 Å². The maximum Gasteiger partial charge on any atom is 0.224 e. The minimum Gasteiger partial charge on any atom is -0.324 e. The van der Waals surface area contributed by atoms with Gasteiger partial charge in [-0.15, -0.1) is 11.8 Å². The maximum absolute atomic E-state index is 12.2. The molecular weight excluding hydrogens is 356 g/mol. The number of nitrogens with one attached hydrogen (secondary N) is 1. The fourth-order valence-electron chi connectivity index (χ4n) is 2.29. The lowest BCUT2D eigenvalue weighted by atomic mass is 10.2. The van der Waals surface area contributed by atoms with Gasteiger partial charge in [0.25, 0.3) is 0 Å². The zero-order valence-corrected chi connectivity index (χ0v) is 15.0. The molecule has 0 fully saturated rings. The summed E-state index contributed by atoms with van der Waals surface area (Å²) in [4.78, 5) is 17.4. The number of aromatic nitrogens is 3. The molecule has 7 heteroatoms. The van der Waals surface area contributed by atoms with Gasteiger partial charge in [0.15, 0.2) is 0 Å². The molecule has 0 bridgehead atoms. The van der Waals surface area contributed by atoms with Crippen LogP contribution in [0.1, 0.15) is 12.8 Å². The molecule has 0 aliphatic heterocycles. The molecule has 5 nitrogen and oxygen atoms in total. The van der Waals surface area contributed by atoms with Crippen molar-refractivity contribution in [1.82, 2.24) is 14.8 Å². The second kappa shape index (κ2) is 8.69. The Hall–Kier alpha value is -2.31. The number of benzene rings is 2. The van der Waals surface area contributed by atoms with Crippen molar-refractivity contribution in [1.29, 1.82) is 0 Å². The fraction of sp³-hybridized carbons (Fsp3) is 0.167. The van der Waals surface area contributed by atoms with Crippen molar-refractivity contribution in [2.75, 3.05) is 11.1 Å². The summed E-state index contributed by atoms with van der Waals surface area (Å²) < 4.78 is 1.59. The molecule has 128 valence electrons. The highest BCUT2D eigenvalue weighted by molar-refractivity contribution is 7.99. The van der Waals surface area contributed by atoms with Gasteiger partial charge in [-0.1, -0.05) is 29.8 Å². The molecule has 1 amide bonds. The number of nitrogens with zero attached hydrogens (tertiary/aromatic N) is 3. The van der Waals surface area contributed by atoms with Crippen LogP contribution in [0.4, 0.5) is 5.69 Å². The highest BCUT2D eigenvalue weighted by atomic mass is 35.5. The molecule has 0 unspecified atom stereocenters. The Balaban J connectivity index is 1.55. The summed E-state index contributed by atoms with van der Waals surface area (Å²) in [5.41, 5.74) is 1.35. The van der Waals surface area contributed by atoms with E-state index in [1.54, 1.807) is 41.0 Å². The minimum absolute atomic E-state index is 0.0442. The van der Waals surface area contributed by atoms with Gasteiger partial charge in [0.2, 0.25) is 5.91 Å². The number of amides is 1. The Morgan fingerprint density at radius 2 is 2.04 bits per heavy atom. The van der Waals surface area contributed by atoms with Gasteiger partial charge >= 0.3 is 0 Å². The Labute approximate surface area is 155 Å². The predicted molar refractivity (Wildman–Crippen MR) is 101 cm³/mol. The maximum atomic E-state index is 12.2. The summed E-state index contributed by atoms with van der Waals surface area (Å²) in [5, 5.41) is 7.57. The SMILES string of the molecule is O=C(CCCSc1ccccc1)Nc1cc(Cl)ccc1-n1cncn1. The van der Waals surface area contributed by atoms with E-state index in [1.165, 1.54) is 11.2 Å². The van der Waals surface area contributed by atoms with E-state index in [2.05, 4.69) is 27.5 Å². The third-order valence-corrected chi connectivity index (χ3v) is 4.79. The van der Waals surface area contributed by atoms with Crippen LogP contribution < -0.4 is 5.32 Å². The van der Waals surface area contributed by atoms with Crippen LogP contribution in [-0.4, -0.2) is 26.4 Å². The molecular formula is C18H17ClN4OS. The van der Waals surface area contributed by atoms with Crippen molar-refractivity contribution >= 4 is 35.0 Å². The lowest BCUT2D eigenvalue weighted by molar-refractivity contribution is -0.116. The van der Waals surface area contributed by atoms with Crippen LogP contribution in [0, 0.1) is 0 Å². The third kappa shape index (κ3) is 5.08. The summed E-state index contributed by atoms with van der Waals surface area (Å²) in [6.45, 7) is 0. The Morgan fingerprint density at radius 3 is 2.80 bits per heavy atom. The van der Waals surface area contributed by atoms with Gasteiger partial charge in [-0.05, 0) is 42.5 Å². The van der Waals surface area contributed by atoms with Gasteiger partial charge in [-0.2, -0.15) is 5.10 Å². The van der Waals surface area contributed by atoms with Crippen molar-refractivity contribution in [2.45, 2.75) is 17.7 Å². The standard InChI is InChI=1S/C18H17ClN4OS/c19-14-8-9-17(23-13-20-12-21-23)16(11-14)22-18(24)7-4-10-25-15-5-2-1-3-6-15/h1-3,5-6,8-9,11-13H,4,7,10H2,(H,22,24). The highest BCUT2D eigenvalue weighted by Crippen LogP contribution is 2.24. The largest absolute Gasteiger partial charge is 0.324 e. The fourth-order valence-corrected chi connectivity index (χ4v) is 3.34. The van der Waals surface area contributed by atoms with Crippen molar-refractivity contribution < 1.29 is 4.79 Å². The van der Waals surface area contributed by atoms with Crippen LogP contribution in [0.2, 0.25) is 5.02 Å². The molecule has 0 radical (unpaired) electrons. The molecule has 0 atom stereocenters. The first kappa shape index (κ1) is 17.5. The van der Waals surface area contributed by atoms with Gasteiger partial charge in [-0.3, -0.25) is 4.79 Å². The Kier molecular flexibility index (Phi) is 6.09. The highest BCUT2D eigenvalue weighted by Gasteiger charge is 2.10. The number of thioether (sulfide) groups is 1. The molecule has 1 heterocycles. The number of anilines is 1. The molecule has 3 rings (SSSR count). The molecule has 1 aromatic heterocycles. The lowest BCUT2D eigenvalue weighted by Gasteiger charge is -2.11. The smallest absolute Gasteiger partial charge is 0.224 e. The van der Waals surface area contributed by atoms with Crippen LogP contribution in [-0.2, 0) is 4.79 Å². The van der Waals surface area contributed by atoms with E-state index in [9.17, 15) is 4.79 Å². The zero-order chi connectivity index (χ0) is 17.5. The van der Waals surface area contributed by atoms with Gasteiger partial charge in [0, 0.05) is 16.3 Å². The van der Waals surface area contributed by atoms with E-state index in [0.717, 1.165) is 17.9 Å². The van der Waals surface area contributed by atoms with Gasteiger partial charge in [0.1, 0.15) is 12.7 Å². The lowest BCUT2D eigenvalue weighted by Crippen LogP contribution is -2.13. The molecule has 2 aromatic carbocycles. The first-order valence-corrected chi connectivity index (χ1v) is 9.21. The molecule has 0 spiro atoms. The van der Waals surface area contributed by atoms with E-state index < -0.39 is 0 Å². The van der Waals surface area contributed by atoms with Crippen molar-refractivity contribution in [2.24, 2.45) is 0 Å². The molecule has 0 aliphatic rings. The average molecular weight is 373 g/mol. The average Bonchev–Trinajstić information content (AvgIpc) is 3.14. The van der Waals surface area contributed by atoms with Gasteiger partial charge in [0.05, 0.1) is 11.4 Å². The van der Waals surface area contributed by atoms with Crippen molar-refractivity contribution in [3.63, 3.8) is 0 Å². The van der Waals surface area contributed by atoms with E-state index >= 15 is 0 Å². The van der Waals surface area contributed by atoms with E-state index in [1.807, 2.05) is 18.2 Å². The number of carbonyl (C=O) groups excluding carboxylic acids is 1. The number of hydrogen-bond acceptors (Lipinski definition) is 4. The summed E-state index contributed by atoms with van der Waals surface area (Å²) in [5.74, 6) is 0.848. The number of hydrogen-bond donors (Lipinski definition) is 1. The van der Waals surface area contributed by atoms with E-state index in [4.69, 9.17) is 11.6 Å². The number of rotatable bonds is 7. The van der Waals surface area contributed by atoms with Crippen LogP contribution in [0.15, 0.2) is 66.1 Å². The molecule has 0 aliphatic carbocycles. The Bertz CT molecular complexity index is 824. The summed E-state index contributed by atoms with van der Waals surface area (Å²) >= 11 is 7.81. The van der Waals surface area contributed by atoms with Crippen molar-refractivity contribution in [3.05, 3.63) is 66.2 Å². The molecule has 3 aromatic rings. The molecule has 0 saturated carbocycles. The summed E-state index contributed by atoms with van der Waals surface area (Å²) in [6.07, 6.45) is 4.27. The second-order valence-corrected chi connectivity index (χ2v) is 6.92. The monoisotopic (exact) mass is 372 g/mol. The predicted octanol–water partition coefficient (Wildman–Crippen LogP) is 4.43. The van der Waals surface area contributed by atoms with Gasteiger partial charge in [-0.25, -0.2) is 9.67 Å². The third-order valence-electron chi connectivity index (χ3n) is 3.46. The van der Waals surface area contributed by atoms with Crippen LogP contribution in [0.3, 0.4) is 0 Å². The molecule has 0 saturated heterocycles. The van der Waals surface area contributed by atoms with E-state index in [-0.39, 0.29) is 5.91 Å².